The summed E-state index contributed by atoms with van der Waals surface area (Å²) in [5.74, 6) is -0.336. The first-order valence-corrected chi connectivity index (χ1v) is 10.6. The summed E-state index contributed by atoms with van der Waals surface area (Å²) in [6, 6.07) is 12.2. The van der Waals surface area contributed by atoms with Crippen molar-refractivity contribution in [3.05, 3.63) is 59.2 Å². The quantitative estimate of drug-likeness (QED) is 0.735. The zero-order valence-corrected chi connectivity index (χ0v) is 18.0. The van der Waals surface area contributed by atoms with Gasteiger partial charge in [-0.1, -0.05) is 23.8 Å². The lowest BCUT2D eigenvalue weighted by Gasteiger charge is -2.25. The highest BCUT2D eigenvalue weighted by atomic mass is 32.2. The molecule has 2 aromatic rings. The fourth-order valence-corrected chi connectivity index (χ4v) is 4.26. The number of likely N-dealkylation sites (N-methyl/N-ethyl adjacent to an activating group) is 1. The first-order valence-electron chi connectivity index (χ1n) is 9.19. The van der Waals surface area contributed by atoms with E-state index in [1.807, 2.05) is 45.8 Å². The number of sulfonamides is 1. The number of benzene rings is 2. The van der Waals surface area contributed by atoms with Crippen LogP contribution in [0.1, 0.15) is 16.7 Å². The first-order chi connectivity index (χ1) is 13.1. The van der Waals surface area contributed by atoms with Gasteiger partial charge in [-0.3, -0.25) is 9.10 Å². The van der Waals surface area contributed by atoms with Gasteiger partial charge in [-0.05, 0) is 70.3 Å². The maximum atomic E-state index is 13.3. The van der Waals surface area contributed by atoms with Gasteiger partial charge in [-0.15, -0.1) is 0 Å². The smallest absolute Gasteiger partial charge is 0.264 e. The second kappa shape index (κ2) is 9.21. The van der Waals surface area contributed by atoms with E-state index >= 15 is 0 Å². The van der Waals surface area contributed by atoms with Gasteiger partial charge in [0.1, 0.15) is 6.54 Å². The van der Waals surface area contributed by atoms with E-state index in [1.165, 1.54) is 4.31 Å². The van der Waals surface area contributed by atoms with E-state index in [0.29, 0.717) is 18.8 Å². The van der Waals surface area contributed by atoms with Gasteiger partial charge < -0.3 is 10.2 Å². The van der Waals surface area contributed by atoms with Gasteiger partial charge >= 0.3 is 0 Å². The third-order valence-corrected chi connectivity index (χ3v) is 6.06. The molecule has 6 nitrogen and oxygen atoms in total. The van der Waals surface area contributed by atoms with Crippen LogP contribution in [0.4, 0.5) is 5.69 Å². The molecule has 0 saturated heterocycles. The van der Waals surface area contributed by atoms with Gasteiger partial charge in [-0.2, -0.15) is 0 Å². The Morgan fingerprint density at radius 1 is 0.929 bits per heavy atom. The molecule has 1 N–H and O–H groups in total. The Balaban J connectivity index is 2.38. The molecule has 1 amide bonds. The summed E-state index contributed by atoms with van der Waals surface area (Å²) in [6.07, 6.45) is 0. The summed E-state index contributed by atoms with van der Waals surface area (Å²) in [4.78, 5) is 14.6. The minimum atomic E-state index is -3.88. The molecule has 0 aliphatic carbocycles. The van der Waals surface area contributed by atoms with E-state index in [1.54, 1.807) is 36.4 Å². The van der Waals surface area contributed by atoms with Crippen molar-refractivity contribution in [1.29, 1.82) is 0 Å². The molecule has 0 radical (unpaired) electrons. The Kier molecular flexibility index (Phi) is 7.21. The number of amides is 1. The number of rotatable bonds is 8. The zero-order valence-electron chi connectivity index (χ0n) is 17.2. The van der Waals surface area contributed by atoms with Crippen molar-refractivity contribution < 1.29 is 13.2 Å². The summed E-state index contributed by atoms with van der Waals surface area (Å²) in [7, 11) is -0.0537. The molecule has 2 aromatic carbocycles. The van der Waals surface area contributed by atoms with Crippen molar-refractivity contribution in [2.45, 2.75) is 25.7 Å². The van der Waals surface area contributed by atoms with Crippen LogP contribution < -0.4 is 9.62 Å². The van der Waals surface area contributed by atoms with Gasteiger partial charge in [-0.25, -0.2) is 8.42 Å². The molecule has 0 aromatic heterocycles. The molecule has 152 valence electrons. The second-order valence-electron chi connectivity index (χ2n) is 7.32. The van der Waals surface area contributed by atoms with E-state index < -0.39 is 10.0 Å². The number of carbonyl (C=O) groups is 1. The summed E-state index contributed by atoms with van der Waals surface area (Å²) >= 11 is 0. The minimum Gasteiger partial charge on any atom is -0.353 e. The summed E-state index contributed by atoms with van der Waals surface area (Å²) in [5, 5.41) is 2.79. The number of aryl methyl sites for hydroxylation is 3. The molecule has 0 fully saturated rings. The van der Waals surface area contributed by atoms with E-state index in [-0.39, 0.29) is 17.3 Å². The highest BCUT2D eigenvalue weighted by Gasteiger charge is 2.27. The van der Waals surface area contributed by atoms with Crippen LogP contribution in [0.2, 0.25) is 0 Å². The zero-order chi connectivity index (χ0) is 20.9. The summed E-state index contributed by atoms with van der Waals surface area (Å²) in [5.41, 5.74) is 3.33. The molecular formula is C21H29N3O3S. The maximum Gasteiger partial charge on any atom is 0.264 e. The number of nitrogens with one attached hydrogen (secondary N) is 1. The molecule has 0 aliphatic rings. The molecule has 7 heteroatoms. The van der Waals surface area contributed by atoms with Gasteiger partial charge in [0.2, 0.25) is 5.91 Å². The molecule has 0 spiro atoms. The molecule has 0 bridgehead atoms. The Labute approximate surface area is 168 Å². The van der Waals surface area contributed by atoms with Crippen molar-refractivity contribution in [3.63, 3.8) is 0 Å². The molecule has 0 atom stereocenters. The Morgan fingerprint density at radius 2 is 1.50 bits per heavy atom. The van der Waals surface area contributed by atoms with Crippen molar-refractivity contribution in [2.75, 3.05) is 38.0 Å². The van der Waals surface area contributed by atoms with Crippen LogP contribution in [0, 0.1) is 20.8 Å². The first kappa shape index (κ1) is 21.9. The maximum absolute atomic E-state index is 13.3. The topological polar surface area (TPSA) is 69.7 Å². The lowest BCUT2D eigenvalue weighted by Crippen LogP contribution is -2.42. The molecule has 0 aliphatic heterocycles. The number of anilines is 1. The molecule has 0 unspecified atom stereocenters. The van der Waals surface area contributed by atoms with E-state index in [4.69, 9.17) is 0 Å². The Bertz CT molecular complexity index is 902. The predicted molar refractivity (Wildman–Crippen MR) is 113 cm³/mol. The molecular weight excluding hydrogens is 374 g/mol. The molecule has 0 heterocycles. The van der Waals surface area contributed by atoms with Gasteiger partial charge in [0.25, 0.3) is 10.0 Å². The lowest BCUT2D eigenvalue weighted by molar-refractivity contribution is -0.119. The monoisotopic (exact) mass is 403 g/mol. The Morgan fingerprint density at radius 3 is 2.04 bits per heavy atom. The van der Waals surface area contributed by atoms with E-state index in [0.717, 1.165) is 16.7 Å². The van der Waals surface area contributed by atoms with Gasteiger partial charge in [0.15, 0.2) is 0 Å². The van der Waals surface area contributed by atoms with Crippen LogP contribution in [0.15, 0.2) is 47.4 Å². The van der Waals surface area contributed by atoms with Crippen molar-refractivity contribution in [3.8, 4) is 0 Å². The van der Waals surface area contributed by atoms with Crippen LogP contribution in [0.25, 0.3) is 0 Å². The van der Waals surface area contributed by atoms with Gasteiger partial charge in [0, 0.05) is 13.1 Å². The fourth-order valence-electron chi connectivity index (χ4n) is 2.85. The van der Waals surface area contributed by atoms with E-state index in [2.05, 4.69) is 5.32 Å². The molecule has 2 rings (SSSR count). The molecule has 0 saturated carbocycles. The van der Waals surface area contributed by atoms with Crippen LogP contribution in [0.3, 0.4) is 0 Å². The lowest BCUT2D eigenvalue weighted by atomic mass is 10.1. The number of hydrogen-bond donors (Lipinski definition) is 1. The van der Waals surface area contributed by atoms with Crippen LogP contribution in [-0.2, 0) is 14.8 Å². The summed E-state index contributed by atoms with van der Waals surface area (Å²) < 4.78 is 27.8. The highest BCUT2D eigenvalue weighted by Crippen LogP contribution is 2.26. The standard InChI is InChI=1S/C21H29N3O3S/c1-16-6-8-20(9-7-16)28(26,27)24(15-21(25)22-10-11-23(4)5)19-13-17(2)12-18(3)14-19/h6-9,12-14H,10-11,15H2,1-5H3,(H,22,25). The molecule has 28 heavy (non-hydrogen) atoms. The minimum absolute atomic E-state index is 0.165. The van der Waals surface area contributed by atoms with Gasteiger partial charge in [0.05, 0.1) is 10.6 Å². The number of nitrogens with zero attached hydrogens (tertiary/aromatic N) is 2. The van der Waals surface area contributed by atoms with Crippen LogP contribution >= 0.6 is 0 Å². The van der Waals surface area contributed by atoms with Crippen molar-refractivity contribution in [2.24, 2.45) is 0 Å². The predicted octanol–water partition coefficient (Wildman–Crippen LogP) is 2.48. The highest BCUT2D eigenvalue weighted by molar-refractivity contribution is 7.92. The number of hydrogen-bond acceptors (Lipinski definition) is 4. The average molecular weight is 404 g/mol. The van der Waals surface area contributed by atoms with Crippen LogP contribution in [-0.4, -0.2) is 53.0 Å². The second-order valence-corrected chi connectivity index (χ2v) is 9.19. The van der Waals surface area contributed by atoms with Crippen LogP contribution in [0.5, 0.6) is 0 Å². The third-order valence-electron chi connectivity index (χ3n) is 4.27. The number of carbonyl (C=O) groups excluding carboxylic acids is 1. The normalized spacial score (nSPS) is 11.5. The average Bonchev–Trinajstić information content (AvgIpc) is 2.58. The van der Waals surface area contributed by atoms with Crippen molar-refractivity contribution >= 4 is 21.6 Å². The summed E-state index contributed by atoms with van der Waals surface area (Å²) in [6.45, 7) is 6.58. The largest absolute Gasteiger partial charge is 0.353 e. The fraction of sp³-hybridized carbons (Fsp3) is 0.381. The third kappa shape index (κ3) is 5.81. The van der Waals surface area contributed by atoms with E-state index in [9.17, 15) is 13.2 Å². The van der Waals surface area contributed by atoms with Crippen molar-refractivity contribution in [1.82, 2.24) is 10.2 Å². The Hall–Kier alpha value is -2.38. The SMILES string of the molecule is Cc1ccc(S(=O)(=O)N(CC(=O)NCCN(C)C)c2cc(C)cc(C)c2)cc1.